The summed E-state index contributed by atoms with van der Waals surface area (Å²) in [6, 6.07) is 6.80. The van der Waals surface area contributed by atoms with Gasteiger partial charge in [-0.25, -0.2) is 4.68 Å². The van der Waals surface area contributed by atoms with Crippen molar-refractivity contribution < 1.29 is 5.11 Å². The van der Waals surface area contributed by atoms with Gasteiger partial charge in [0.1, 0.15) is 5.75 Å². The van der Waals surface area contributed by atoms with Gasteiger partial charge in [-0.3, -0.25) is 0 Å². The zero-order chi connectivity index (χ0) is 9.97. The number of phenolic OH excluding ortho intramolecular Hbond substituents is 1. The van der Waals surface area contributed by atoms with Crippen LogP contribution in [-0.2, 0) is 6.54 Å². The number of aryl methyl sites for hydroxylation is 1. The van der Waals surface area contributed by atoms with Crippen molar-refractivity contribution in [2.75, 3.05) is 0 Å². The topological polar surface area (TPSA) is 63.8 Å². The molecule has 5 nitrogen and oxygen atoms in total. The smallest absolute Gasteiger partial charge is 0.182 e. The largest absolute Gasteiger partial charge is 0.508 e. The standard InChI is InChI=1S/C9H10N4O/c1-2-13-9(10-11-12-13)7-3-5-8(14)6-4-7/h3-6,14H,2H2,1H3. The van der Waals surface area contributed by atoms with E-state index in [1.807, 2.05) is 6.92 Å². The molecule has 0 aliphatic rings. The van der Waals surface area contributed by atoms with Crippen molar-refractivity contribution in [2.45, 2.75) is 13.5 Å². The molecule has 0 atom stereocenters. The highest BCUT2D eigenvalue weighted by Crippen LogP contribution is 2.18. The highest BCUT2D eigenvalue weighted by molar-refractivity contribution is 5.55. The van der Waals surface area contributed by atoms with E-state index in [9.17, 15) is 0 Å². The van der Waals surface area contributed by atoms with Crippen LogP contribution in [-0.4, -0.2) is 25.3 Å². The summed E-state index contributed by atoms with van der Waals surface area (Å²) in [4.78, 5) is 0. The Bertz CT molecular complexity index is 421. The Kier molecular flexibility index (Phi) is 2.14. The third-order valence-electron chi connectivity index (χ3n) is 1.96. The molecule has 0 unspecified atom stereocenters. The normalized spacial score (nSPS) is 10.4. The predicted octanol–water partition coefficient (Wildman–Crippen LogP) is 1.07. The molecule has 1 heterocycles. The Balaban J connectivity index is 2.44. The van der Waals surface area contributed by atoms with Gasteiger partial charge >= 0.3 is 0 Å². The van der Waals surface area contributed by atoms with Crippen molar-refractivity contribution in [1.82, 2.24) is 20.2 Å². The van der Waals surface area contributed by atoms with Crippen molar-refractivity contribution in [3.8, 4) is 17.1 Å². The van der Waals surface area contributed by atoms with Gasteiger partial charge in [0.25, 0.3) is 0 Å². The van der Waals surface area contributed by atoms with Crippen LogP contribution in [0.15, 0.2) is 24.3 Å². The predicted molar refractivity (Wildman–Crippen MR) is 50.6 cm³/mol. The van der Waals surface area contributed by atoms with E-state index in [4.69, 9.17) is 5.11 Å². The number of benzene rings is 1. The minimum Gasteiger partial charge on any atom is -0.508 e. The van der Waals surface area contributed by atoms with Crippen molar-refractivity contribution in [3.05, 3.63) is 24.3 Å². The minimum atomic E-state index is 0.240. The van der Waals surface area contributed by atoms with Crippen LogP contribution < -0.4 is 0 Å². The summed E-state index contributed by atoms with van der Waals surface area (Å²) in [6.45, 7) is 2.70. The number of phenols is 1. The molecule has 0 saturated heterocycles. The molecule has 0 aliphatic heterocycles. The van der Waals surface area contributed by atoms with E-state index in [1.165, 1.54) is 0 Å². The van der Waals surface area contributed by atoms with Crippen molar-refractivity contribution >= 4 is 0 Å². The van der Waals surface area contributed by atoms with Gasteiger partial charge in [0.05, 0.1) is 0 Å². The third kappa shape index (κ3) is 1.44. The van der Waals surface area contributed by atoms with E-state index in [2.05, 4.69) is 15.5 Å². The number of hydrogen-bond donors (Lipinski definition) is 1. The maximum Gasteiger partial charge on any atom is 0.182 e. The monoisotopic (exact) mass is 190 g/mol. The molecule has 2 rings (SSSR count). The Morgan fingerprint density at radius 2 is 2.00 bits per heavy atom. The van der Waals surface area contributed by atoms with Crippen LogP contribution in [0.2, 0.25) is 0 Å². The average Bonchev–Trinajstić information content (AvgIpc) is 2.67. The number of aromatic nitrogens is 4. The van der Waals surface area contributed by atoms with Crippen LogP contribution >= 0.6 is 0 Å². The first-order chi connectivity index (χ1) is 6.81. The molecule has 1 aromatic carbocycles. The second-order valence-corrected chi connectivity index (χ2v) is 2.87. The van der Waals surface area contributed by atoms with E-state index < -0.39 is 0 Å². The molecule has 0 fully saturated rings. The Morgan fingerprint density at radius 1 is 1.29 bits per heavy atom. The maximum absolute atomic E-state index is 9.12. The van der Waals surface area contributed by atoms with Crippen LogP contribution in [0.3, 0.4) is 0 Å². The van der Waals surface area contributed by atoms with E-state index in [0.717, 1.165) is 12.1 Å². The molecule has 0 saturated carbocycles. The van der Waals surface area contributed by atoms with E-state index in [1.54, 1.807) is 28.9 Å². The maximum atomic E-state index is 9.12. The summed E-state index contributed by atoms with van der Waals surface area (Å²) >= 11 is 0. The molecule has 14 heavy (non-hydrogen) atoms. The third-order valence-corrected chi connectivity index (χ3v) is 1.96. The fraction of sp³-hybridized carbons (Fsp3) is 0.222. The quantitative estimate of drug-likeness (QED) is 0.769. The van der Waals surface area contributed by atoms with Crippen LogP contribution in [0.5, 0.6) is 5.75 Å². The van der Waals surface area contributed by atoms with Gasteiger partial charge in [-0.05, 0) is 41.6 Å². The summed E-state index contributed by atoms with van der Waals surface area (Å²) in [5, 5.41) is 20.4. The highest BCUT2D eigenvalue weighted by Gasteiger charge is 2.06. The second-order valence-electron chi connectivity index (χ2n) is 2.87. The second kappa shape index (κ2) is 3.45. The number of rotatable bonds is 2. The summed E-state index contributed by atoms with van der Waals surface area (Å²) in [7, 11) is 0. The fourth-order valence-corrected chi connectivity index (χ4v) is 1.23. The van der Waals surface area contributed by atoms with Gasteiger partial charge in [0.2, 0.25) is 0 Å². The van der Waals surface area contributed by atoms with Crippen molar-refractivity contribution in [1.29, 1.82) is 0 Å². The van der Waals surface area contributed by atoms with E-state index in [-0.39, 0.29) is 5.75 Å². The lowest BCUT2D eigenvalue weighted by Crippen LogP contribution is -1.99. The van der Waals surface area contributed by atoms with Gasteiger partial charge in [-0.1, -0.05) is 0 Å². The van der Waals surface area contributed by atoms with Gasteiger partial charge < -0.3 is 5.11 Å². The Morgan fingerprint density at radius 3 is 2.64 bits per heavy atom. The van der Waals surface area contributed by atoms with Gasteiger partial charge in [0, 0.05) is 12.1 Å². The lowest BCUT2D eigenvalue weighted by Gasteiger charge is -2.00. The SMILES string of the molecule is CCn1nnnc1-c1ccc(O)cc1. The van der Waals surface area contributed by atoms with Crippen molar-refractivity contribution in [3.63, 3.8) is 0 Å². The number of nitrogens with zero attached hydrogens (tertiary/aromatic N) is 4. The number of tetrazole rings is 1. The average molecular weight is 190 g/mol. The van der Waals surface area contributed by atoms with E-state index in [0.29, 0.717) is 5.82 Å². The molecular weight excluding hydrogens is 180 g/mol. The van der Waals surface area contributed by atoms with Crippen LogP contribution in [0.1, 0.15) is 6.92 Å². The molecule has 72 valence electrons. The van der Waals surface area contributed by atoms with Crippen LogP contribution in [0.4, 0.5) is 0 Å². The highest BCUT2D eigenvalue weighted by atomic mass is 16.3. The summed E-state index contributed by atoms with van der Waals surface area (Å²) < 4.78 is 1.70. The van der Waals surface area contributed by atoms with Gasteiger partial charge in [-0.2, -0.15) is 0 Å². The molecule has 1 aromatic heterocycles. The molecule has 0 amide bonds. The summed E-state index contributed by atoms with van der Waals surface area (Å²) in [6.07, 6.45) is 0. The Hall–Kier alpha value is -1.91. The van der Waals surface area contributed by atoms with Gasteiger partial charge in [-0.15, -0.1) is 5.10 Å². The summed E-state index contributed by atoms with van der Waals surface area (Å²) in [5.41, 5.74) is 0.898. The molecule has 0 radical (unpaired) electrons. The van der Waals surface area contributed by atoms with Crippen molar-refractivity contribution in [2.24, 2.45) is 0 Å². The molecule has 2 aromatic rings. The first-order valence-electron chi connectivity index (χ1n) is 4.37. The van der Waals surface area contributed by atoms with Gasteiger partial charge in [0.15, 0.2) is 5.82 Å². The zero-order valence-electron chi connectivity index (χ0n) is 7.75. The van der Waals surface area contributed by atoms with Crippen LogP contribution in [0, 0.1) is 0 Å². The Labute approximate surface area is 81.0 Å². The first kappa shape index (κ1) is 8.68. The molecular formula is C9H10N4O. The zero-order valence-corrected chi connectivity index (χ0v) is 7.75. The molecule has 0 spiro atoms. The molecule has 0 bridgehead atoms. The number of hydrogen-bond acceptors (Lipinski definition) is 4. The summed E-state index contributed by atoms with van der Waals surface area (Å²) in [5.74, 6) is 0.955. The lowest BCUT2D eigenvalue weighted by molar-refractivity contribution is 0.475. The fourth-order valence-electron chi connectivity index (χ4n) is 1.23. The van der Waals surface area contributed by atoms with Crippen LogP contribution in [0.25, 0.3) is 11.4 Å². The molecule has 5 heteroatoms. The molecule has 1 N–H and O–H groups in total. The minimum absolute atomic E-state index is 0.240. The molecule has 0 aliphatic carbocycles. The lowest BCUT2D eigenvalue weighted by atomic mass is 10.2. The van der Waals surface area contributed by atoms with E-state index >= 15 is 0 Å². The number of aromatic hydroxyl groups is 1. The first-order valence-corrected chi connectivity index (χ1v) is 4.37.